The molecule has 31 heavy (non-hydrogen) atoms. The highest BCUT2D eigenvalue weighted by Crippen LogP contribution is 2.21. The van der Waals surface area contributed by atoms with Crippen molar-refractivity contribution in [2.75, 3.05) is 20.3 Å². The van der Waals surface area contributed by atoms with E-state index in [2.05, 4.69) is 29.5 Å². The zero-order valence-electron chi connectivity index (χ0n) is 18.2. The van der Waals surface area contributed by atoms with Crippen LogP contribution in [-0.2, 0) is 6.42 Å². The number of aryl methyl sites for hydroxylation is 1. The second-order valence-corrected chi connectivity index (χ2v) is 7.57. The van der Waals surface area contributed by atoms with Crippen LogP contribution in [0.15, 0.2) is 59.1 Å². The fraction of sp³-hybridized carbons (Fsp3) is 0.320. The average molecular weight is 423 g/mol. The van der Waals surface area contributed by atoms with Gasteiger partial charge in [-0.25, -0.2) is 0 Å². The Labute approximate surface area is 183 Å². The monoisotopic (exact) mass is 422 g/mol. The number of nitrogens with one attached hydrogen (secondary N) is 1. The van der Waals surface area contributed by atoms with Crippen molar-refractivity contribution in [2.24, 2.45) is 0 Å². The maximum absolute atomic E-state index is 10.4. The molecule has 0 bridgehead atoms. The quantitative estimate of drug-likeness (QED) is 0.484. The Morgan fingerprint density at radius 1 is 1.13 bits per heavy atom. The summed E-state index contributed by atoms with van der Waals surface area (Å²) in [5, 5.41) is 17.6. The number of methoxy groups -OCH3 is 1. The molecule has 0 saturated carbocycles. The lowest BCUT2D eigenvalue weighted by atomic mass is 10.1. The molecule has 0 aliphatic heterocycles. The fourth-order valence-electron chi connectivity index (χ4n) is 3.15. The van der Waals surface area contributed by atoms with Gasteiger partial charge in [-0.3, -0.25) is 0 Å². The molecular weight excluding hydrogens is 392 g/mol. The van der Waals surface area contributed by atoms with Crippen LogP contribution in [0.3, 0.4) is 0 Å². The lowest BCUT2D eigenvalue weighted by Crippen LogP contribution is -2.37. The highest BCUT2D eigenvalue weighted by molar-refractivity contribution is 5.70. The average Bonchev–Trinajstić information content (AvgIpc) is 3.21. The van der Waals surface area contributed by atoms with Crippen LogP contribution in [-0.4, -0.2) is 42.7 Å². The Morgan fingerprint density at radius 2 is 1.90 bits per heavy atom. The van der Waals surface area contributed by atoms with Crippen LogP contribution in [0, 0.1) is 6.92 Å². The van der Waals surface area contributed by atoms with Gasteiger partial charge in [-0.1, -0.05) is 35.5 Å². The summed E-state index contributed by atoms with van der Waals surface area (Å²) in [4.78, 5) is 0. The Bertz CT molecular complexity index is 966. The molecule has 3 aromatic rings. The van der Waals surface area contributed by atoms with Crippen molar-refractivity contribution in [1.82, 2.24) is 10.5 Å². The summed E-state index contributed by atoms with van der Waals surface area (Å²) in [7, 11) is 1.66. The molecule has 2 atom stereocenters. The minimum absolute atomic E-state index is 0.203. The van der Waals surface area contributed by atoms with Crippen LogP contribution in [0.2, 0.25) is 0 Å². The summed E-state index contributed by atoms with van der Waals surface area (Å²) in [5.41, 5.74) is 2.96. The van der Waals surface area contributed by atoms with E-state index in [9.17, 15) is 5.11 Å². The van der Waals surface area contributed by atoms with Gasteiger partial charge >= 0.3 is 0 Å². The van der Waals surface area contributed by atoms with E-state index in [1.807, 2.05) is 61.5 Å². The number of hydrogen-bond acceptors (Lipinski definition) is 6. The van der Waals surface area contributed by atoms with Crippen molar-refractivity contribution in [3.63, 3.8) is 0 Å². The highest BCUT2D eigenvalue weighted by Gasteiger charge is 2.10. The Balaban J connectivity index is 1.45. The topological polar surface area (TPSA) is 76.8 Å². The predicted octanol–water partition coefficient (Wildman–Crippen LogP) is 4.12. The molecule has 6 heteroatoms. The van der Waals surface area contributed by atoms with Gasteiger partial charge in [-0.15, -0.1) is 0 Å². The third kappa shape index (κ3) is 7.27. The van der Waals surface area contributed by atoms with Crippen LogP contribution in [0.25, 0.3) is 12.2 Å². The van der Waals surface area contributed by atoms with Crippen LogP contribution >= 0.6 is 0 Å². The first-order valence-corrected chi connectivity index (χ1v) is 10.4. The van der Waals surface area contributed by atoms with Crippen LogP contribution in [0.4, 0.5) is 0 Å². The lowest BCUT2D eigenvalue weighted by molar-refractivity contribution is 0.104. The second-order valence-electron chi connectivity index (χ2n) is 7.57. The lowest BCUT2D eigenvalue weighted by Gasteiger charge is -2.18. The number of benzene rings is 2. The van der Waals surface area contributed by atoms with Crippen molar-refractivity contribution in [2.45, 2.75) is 32.4 Å². The number of nitrogens with zero attached hydrogens (tertiary/aromatic N) is 1. The van der Waals surface area contributed by atoms with Gasteiger partial charge in [0, 0.05) is 24.2 Å². The normalized spacial score (nSPS) is 13.3. The van der Waals surface area contributed by atoms with E-state index < -0.39 is 6.10 Å². The van der Waals surface area contributed by atoms with Crippen molar-refractivity contribution in [1.29, 1.82) is 0 Å². The molecule has 0 amide bonds. The summed E-state index contributed by atoms with van der Waals surface area (Å²) in [6, 6.07) is 17.8. The molecule has 0 aliphatic carbocycles. The Morgan fingerprint density at radius 3 is 2.61 bits per heavy atom. The molecule has 2 aromatic carbocycles. The van der Waals surface area contributed by atoms with Crippen molar-refractivity contribution >= 4 is 12.2 Å². The molecule has 2 N–H and O–H groups in total. The van der Waals surface area contributed by atoms with E-state index in [0.29, 0.717) is 18.1 Å². The van der Waals surface area contributed by atoms with Crippen molar-refractivity contribution in [3.05, 3.63) is 77.2 Å². The number of hydrogen-bond donors (Lipinski definition) is 2. The summed E-state index contributed by atoms with van der Waals surface area (Å²) >= 11 is 0. The van der Waals surface area contributed by atoms with Crippen LogP contribution in [0.5, 0.6) is 11.5 Å². The maximum Gasteiger partial charge on any atom is 0.159 e. The summed E-state index contributed by atoms with van der Waals surface area (Å²) in [6.45, 7) is 4.63. The standard InChI is InChI=1S/C25H30N2O4/c1-18(14-20-8-11-23(29-3)12-9-20)26-16-22(28)17-30-25-7-5-4-6-21(25)10-13-24-15-19(2)27-31-24/h4-13,15,18,22,26,28H,14,16-17H2,1-3H3. The fourth-order valence-corrected chi connectivity index (χ4v) is 3.15. The number of aromatic nitrogens is 1. The molecular formula is C25H30N2O4. The smallest absolute Gasteiger partial charge is 0.159 e. The molecule has 164 valence electrons. The molecule has 0 radical (unpaired) electrons. The number of rotatable bonds is 11. The highest BCUT2D eigenvalue weighted by atomic mass is 16.5. The van der Waals surface area contributed by atoms with Gasteiger partial charge in [-0.05, 0) is 56.2 Å². The molecule has 0 aliphatic rings. The summed E-state index contributed by atoms with van der Waals surface area (Å²) in [6.07, 6.45) is 4.01. The van der Waals surface area contributed by atoms with Gasteiger partial charge in [0.25, 0.3) is 0 Å². The predicted molar refractivity (Wildman–Crippen MR) is 122 cm³/mol. The van der Waals surface area contributed by atoms with Gasteiger partial charge in [-0.2, -0.15) is 0 Å². The minimum atomic E-state index is -0.618. The SMILES string of the molecule is COc1ccc(CC(C)NCC(O)COc2ccccc2C=Cc2cc(C)no2)cc1. The number of ether oxygens (including phenoxy) is 2. The number of para-hydroxylation sites is 1. The van der Waals surface area contributed by atoms with E-state index in [0.717, 1.165) is 23.4 Å². The van der Waals surface area contributed by atoms with Crippen LogP contribution < -0.4 is 14.8 Å². The maximum atomic E-state index is 10.4. The number of aliphatic hydroxyl groups excluding tert-OH is 1. The molecule has 0 saturated heterocycles. The second kappa shape index (κ2) is 11.3. The van der Waals surface area contributed by atoms with Gasteiger partial charge in [0.1, 0.15) is 24.2 Å². The summed E-state index contributed by atoms with van der Waals surface area (Å²) in [5.74, 6) is 2.24. The first kappa shape index (κ1) is 22.6. The molecule has 1 aromatic heterocycles. The van der Waals surface area contributed by atoms with Gasteiger partial charge < -0.3 is 24.4 Å². The molecule has 2 unspecified atom stereocenters. The minimum Gasteiger partial charge on any atom is -0.497 e. The van der Waals surface area contributed by atoms with E-state index in [1.165, 1.54) is 5.56 Å². The van der Waals surface area contributed by atoms with Crippen molar-refractivity contribution in [3.8, 4) is 11.5 Å². The zero-order chi connectivity index (χ0) is 22.1. The third-order valence-electron chi connectivity index (χ3n) is 4.83. The first-order chi connectivity index (χ1) is 15.0. The molecule has 0 spiro atoms. The molecule has 0 fully saturated rings. The zero-order valence-corrected chi connectivity index (χ0v) is 18.2. The molecule has 1 heterocycles. The van der Waals surface area contributed by atoms with Gasteiger partial charge in [0.2, 0.25) is 0 Å². The van der Waals surface area contributed by atoms with Crippen molar-refractivity contribution < 1.29 is 19.1 Å². The largest absolute Gasteiger partial charge is 0.497 e. The number of aliphatic hydroxyl groups is 1. The van der Waals surface area contributed by atoms with Gasteiger partial charge in [0.15, 0.2) is 5.76 Å². The van der Waals surface area contributed by atoms with E-state index in [4.69, 9.17) is 14.0 Å². The van der Waals surface area contributed by atoms with E-state index in [1.54, 1.807) is 7.11 Å². The van der Waals surface area contributed by atoms with Gasteiger partial charge in [0.05, 0.1) is 12.8 Å². The summed E-state index contributed by atoms with van der Waals surface area (Å²) < 4.78 is 16.3. The van der Waals surface area contributed by atoms with E-state index in [-0.39, 0.29) is 12.6 Å². The Hall–Kier alpha value is -3.09. The van der Waals surface area contributed by atoms with E-state index >= 15 is 0 Å². The molecule has 3 rings (SSSR count). The Kier molecular flexibility index (Phi) is 8.27. The first-order valence-electron chi connectivity index (χ1n) is 10.4. The molecule has 6 nitrogen and oxygen atoms in total. The third-order valence-corrected chi connectivity index (χ3v) is 4.83. The van der Waals surface area contributed by atoms with Crippen LogP contribution in [0.1, 0.15) is 29.5 Å².